The van der Waals surface area contributed by atoms with Gasteiger partial charge in [-0.25, -0.2) is 0 Å². The molecule has 1 saturated heterocycles. The number of ketones is 2. The first-order chi connectivity index (χ1) is 13.1. The molecule has 8 heteroatoms. The van der Waals surface area contributed by atoms with Gasteiger partial charge in [0.15, 0.2) is 17.3 Å². The summed E-state index contributed by atoms with van der Waals surface area (Å²) in [5.41, 5.74) is -1.48. The van der Waals surface area contributed by atoms with Crippen LogP contribution in [-0.2, 0) is 27.5 Å². The number of carbonyl (C=O) groups is 2. The van der Waals surface area contributed by atoms with E-state index in [1.807, 2.05) is 0 Å². The van der Waals surface area contributed by atoms with E-state index in [9.17, 15) is 22.8 Å². The number of alkyl halides is 3. The molecule has 0 amide bonds. The van der Waals surface area contributed by atoms with Gasteiger partial charge in [0.05, 0.1) is 5.69 Å². The van der Waals surface area contributed by atoms with Crippen LogP contribution in [0, 0.1) is 6.92 Å². The van der Waals surface area contributed by atoms with Gasteiger partial charge in [-0.05, 0) is 57.9 Å². The number of benzene rings is 1. The molecule has 0 atom stereocenters. The SMILES string of the molecule is Cc1ccc(-c2cc(C(F)(F)F)nn2C)cc1C1C(=O)C(C)(C)OC(C)(C)C1=O. The lowest BCUT2D eigenvalue weighted by atomic mass is 9.74. The van der Waals surface area contributed by atoms with Gasteiger partial charge in [-0.3, -0.25) is 14.3 Å². The van der Waals surface area contributed by atoms with Crippen LogP contribution in [0.15, 0.2) is 24.3 Å². The van der Waals surface area contributed by atoms with Gasteiger partial charge < -0.3 is 4.74 Å². The predicted octanol–water partition coefficient (Wildman–Crippen LogP) is 4.22. The van der Waals surface area contributed by atoms with E-state index in [0.29, 0.717) is 16.7 Å². The summed E-state index contributed by atoms with van der Waals surface area (Å²) in [6.45, 7) is 8.23. The summed E-state index contributed by atoms with van der Waals surface area (Å²) in [5, 5.41) is 3.54. The van der Waals surface area contributed by atoms with E-state index < -0.39 is 29.0 Å². The van der Waals surface area contributed by atoms with Crippen molar-refractivity contribution in [3.05, 3.63) is 41.1 Å². The number of hydrogen-bond donors (Lipinski definition) is 0. The molecule has 5 nitrogen and oxygen atoms in total. The van der Waals surface area contributed by atoms with Gasteiger partial charge in [0.25, 0.3) is 0 Å². The van der Waals surface area contributed by atoms with Gasteiger partial charge in [0, 0.05) is 12.6 Å². The molecule has 3 rings (SSSR count). The van der Waals surface area contributed by atoms with Gasteiger partial charge in [-0.15, -0.1) is 0 Å². The quantitative estimate of drug-likeness (QED) is 0.698. The van der Waals surface area contributed by atoms with Crippen molar-refractivity contribution in [3.8, 4) is 11.3 Å². The summed E-state index contributed by atoms with van der Waals surface area (Å²) in [6, 6.07) is 5.90. The van der Waals surface area contributed by atoms with E-state index in [1.165, 1.54) is 7.05 Å². The monoisotopic (exact) mass is 408 g/mol. The Morgan fingerprint density at radius 1 is 1.03 bits per heavy atom. The average Bonchev–Trinajstić information content (AvgIpc) is 2.96. The summed E-state index contributed by atoms with van der Waals surface area (Å²) in [6.07, 6.45) is -4.57. The van der Waals surface area contributed by atoms with Crippen LogP contribution in [0.5, 0.6) is 0 Å². The largest absolute Gasteiger partial charge is 0.435 e. The highest BCUT2D eigenvalue weighted by Crippen LogP contribution is 2.40. The van der Waals surface area contributed by atoms with Crippen LogP contribution in [-0.4, -0.2) is 32.5 Å². The predicted molar refractivity (Wildman–Crippen MR) is 100 cm³/mol. The normalized spacial score (nSPS) is 19.6. The maximum Gasteiger partial charge on any atom is 0.435 e. The number of ether oxygens (including phenoxy) is 1. The van der Waals surface area contributed by atoms with Crippen molar-refractivity contribution in [2.24, 2.45) is 7.05 Å². The molecule has 0 aliphatic carbocycles. The zero-order valence-electron chi connectivity index (χ0n) is 17.1. The zero-order chi connectivity index (χ0) is 21.9. The Hall–Kier alpha value is -2.48. The van der Waals surface area contributed by atoms with E-state index >= 15 is 0 Å². The summed E-state index contributed by atoms with van der Waals surface area (Å²) < 4.78 is 45.9. The van der Waals surface area contributed by atoms with Crippen LogP contribution in [0.25, 0.3) is 11.3 Å². The molecule has 0 unspecified atom stereocenters. The summed E-state index contributed by atoms with van der Waals surface area (Å²) in [5.74, 6) is -1.80. The number of halogens is 3. The third kappa shape index (κ3) is 3.61. The highest BCUT2D eigenvalue weighted by atomic mass is 19.4. The average molecular weight is 408 g/mol. The molecule has 1 aromatic heterocycles. The Morgan fingerprint density at radius 2 is 1.59 bits per heavy atom. The number of aryl methyl sites for hydroxylation is 2. The Bertz CT molecular complexity index is 977. The number of hydrogen-bond acceptors (Lipinski definition) is 4. The second-order valence-electron chi connectivity index (χ2n) is 8.39. The topological polar surface area (TPSA) is 61.2 Å². The van der Waals surface area contributed by atoms with Crippen molar-refractivity contribution in [1.29, 1.82) is 0 Å². The third-order valence-electron chi connectivity index (χ3n) is 5.28. The minimum absolute atomic E-state index is 0.240. The molecule has 0 N–H and O–H groups in total. The van der Waals surface area contributed by atoms with Crippen molar-refractivity contribution in [2.45, 2.75) is 57.9 Å². The first-order valence-corrected chi connectivity index (χ1v) is 9.16. The number of rotatable bonds is 2. The molecule has 0 radical (unpaired) electrons. The van der Waals surface area contributed by atoms with Crippen molar-refractivity contribution < 1.29 is 27.5 Å². The Kier molecular flexibility index (Phi) is 4.77. The van der Waals surface area contributed by atoms with Crippen LogP contribution >= 0.6 is 0 Å². The molecule has 0 saturated carbocycles. The van der Waals surface area contributed by atoms with E-state index in [2.05, 4.69) is 5.10 Å². The van der Waals surface area contributed by atoms with Gasteiger partial charge in [-0.1, -0.05) is 12.1 Å². The van der Waals surface area contributed by atoms with E-state index in [0.717, 1.165) is 10.7 Å². The summed E-state index contributed by atoms with van der Waals surface area (Å²) in [7, 11) is 1.42. The fourth-order valence-electron chi connectivity index (χ4n) is 3.82. The van der Waals surface area contributed by atoms with E-state index in [1.54, 1.807) is 52.8 Å². The minimum Gasteiger partial charge on any atom is -0.354 e. The van der Waals surface area contributed by atoms with Crippen LogP contribution in [0.3, 0.4) is 0 Å². The lowest BCUT2D eigenvalue weighted by molar-refractivity contribution is -0.184. The van der Waals surface area contributed by atoms with Crippen LogP contribution in [0.1, 0.15) is 50.4 Å². The minimum atomic E-state index is -4.57. The Balaban J connectivity index is 2.14. The zero-order valence-corrected chi connectivity index (χ0v) is 17.1. The Labute approximate surface area is 166 Å². The highest BCUT2D eigenvalue weighted by Gasteiger charge is 2.53. The number of carbonyl (C=O) groups excluding carboxylic acids is 2. The fraction of sp³-hybridized carbons (Fsp3) is 0.476. The van der Waals surface area contributed by atoms with Crippen LogP contribution in [0.2, 0.25) is 0 Å². The molecule has 1 fully saturated rings. The molecule has 1 aliphatic heterocycles. The fourth-order valence-corrected chi connectivity index (χ4v) is 3.82. The highest BCUT2D eigenvalue weighted by molar-refractivity contribution is 6.15. The van der Waals surface area contributed by atoms with Gasteiger partial charge in [0.2, 0.25) is 0 Å². The van der Waals surface area contributed by atoms with E-state index in [4.69, 9.17) is 4.74 Å². The summed E-state index contributed by atoms with van der Waals surface area (Å²) in [4.78, 5) is 26.1. The lowest BCUT2D eigenvalue weighted by Crippen LogP contribution is -2.58. The molecule has 156 valence electrons. The molecule has 1 aromatic carbocycles. The molecular formula is C21H23F3N2O3. The molecule has 2 aromatic rings. The first-order valence-electron chi connectivity index (χ1n) is 9.16. The van der Waals surface area contributed by atoms with Gasteiger partial charge >= 0.3 is 6.18 Å². The molecular weight excluding hydrogens is 385 g/mol. The summed E-state index contributed by atoms with van der Waals surface area (Å²) >= 11 is 0. The van der Waals surface area contributed by atoms with Crippen LogP contribution in [0.4, 0.5) is 13.2 Å². The van der Waals surface area contributed by atoms with Crippen molar-refractivity contribution in [2.75, 3.05) is 0 Å². The second-order valence-corrected chi connectivity index (χ2v) is 8.39. The Morgan fingerprint density at radius 3 is 2.07 bits per heavy atom. The van der Waals surface area contributed by atoms with Crippen LogP contribution < -0.4 is 0 Å². The van der Waals surface area contributed by atoms with Crippen molar-refractivity contribution >= 4 is 11.6 Å². The smallest absolute Gasteiger partial charge is 0.354 e. The molecule has 0 bridgehead atoms. The van der Waals surface area contributed by atoms with Gasteiger partial charge in [-0.2, -0.15) is 18.3 Å². The van der Waals surface area contributed by atoms with Crippen molar-refractivity contribution in [3.63, 3.8) is 0 Å². The third-order valence-corrected chi connectivity index (χ3v) is 5.28. The van der Waals surface area contributed by atoms with Gasteiger partial charge in [0.1, 0.15) is 17.1 Å². The maximum atomic E-state index is 13.0. The van der Waals surface area contributed by atoms with Crippen molar-refractivity contribution in [1.82, 2.24) is 9.78 Å². The number of aromatic nitrogens is 2. The molecule has 1 aliphatic rings. The lowest BCUT2D eigenvalue weighted by Gasteiger charge is -2.43. The first kappa shape index (κ1) is 21.2. The number of nitrogens with zero attached hydrogens (tertiary/aromatic N) is 2. The number of Topliss-reactive ketones (excluding diaryl/α,β-unsaturated/α-hetero) is 2. The van der Waals surface area contributed by atoms with E-state index in [-0.39, 0.29) is 17.3 Å². The molecule has 2 heterocycles. The molecule has 0 spiro atoms. The maximum absolute atomic E-state index is 13.0. The second kappa shape index (κ2) is 6.52. The standard InChI is InChI=1S/C21H23F3N2O3/c1-11-7-8-12(14-10-15(21(22,23)24)25-26(14)6)9-13(11)16-17(27)19(2,3)29-20(4,5)18(16)28/h7-10,16H,1-6H3. The molecule has 29 heavy (non-hydrogen) atoms.